The third-order valence-electron chi connectivity index (χ3n) is 5.40. The lowest BCUT2D eigenvalue weighted by Gasteiger charge is -2.30. The van der Waals surface area contributed by atoms with Crippen LogP contribution >= 0.6 is 0 Å². The molecule has 0 aromatic carbocycles. The second-order valence-electron chi connectivity index (χ2n) is 6.88. The van der Waals surface area contributed by atoms with E-state index in [4.69, 9.17) is 9.47 Å². The van der Waals surface area contributed by atoms with Gasteiger partial charge in [0.1, 0.15) is 12.2 Å². The highest BCUT2D eigenvalue weighted by Gasteiger charge is 2.30. The summed E-state index contributed by atoms with van der Waals surface area (Å²) in [6.45, 7) is 4.17. The van der Waals surface area contributed by atoms with Crippen molar-refractivity contribution in [3.8, 4) is 0 Å². The molecule has 2 fully saturated rings. The molecule has 0 aromatic heterocycles. The summed E-state index contributed by atoms with van der Waals surface area (Å²) in [5.41, 5.74) is 0. The van der Waals surface area contributed by atoms with Gasteiger partial charge < -0.3 is 9.47 Å². The summed E-state index contributed by atoms with van der Waals surface area (Å²) < 4.78 is 10.6. The number of hydrogen-bond donors (Lipinski definition) is 0. The van der Waals surface area contributed by atoms with Crippen LogP contribution in [-0.2, 0) is 19.2 Å². The number of ether oxygens (including phenoxy) is 2. The minimum atomic E-state index is -0.965. The van der Waals surface area contributed by atoms with Crippen LogP contribution < -0.4 is 0 Å². The first kappa shape index (κ1) is 18.9. The zero-order valence-electron chi connectivity index (χ0n) is 14.8. The zero-order chi connectivity index (χ0) is 17.4. The van der Waals surface area contributed by atoms with Gasteiger partial charge >= 0.3 is 12.3 Å². The summed E-state index contributed by atoms with van der Waals surface area (Å²) in [7, 11) is 0. The van der Waals surface area contributed by atoms with Crippen LogP contribution in [0.3, 0.4) is 0 Å². The fraction of sp³-hybridized carbons (Fsp3) is 0.889. The van der Waals surface area contributed by atoms with Gasteiger partial charge in [0, 0.05) is 0 Å². The van der Waals surface area contributed by atoms with Gasteiger partial charge in [-0.1, -0.05) is 26.7 Å². The summed E-state index contributed by atoms with van der Waals surface area (Å²) in [6, 6.07) is 0. The fourth-order valence-electron chi connectivity index (χ4n) is 3.95. The third kappa shape index (κ3) is 5.56. The van der Waals surface area contributed by atoms with Crippen molar-refractivity contribution in [1.82, 2.24) is 0 Å². The largest absolute Gasteiger partial charge is 0.550 e. The second kappa shape index (κ2) is 9.74. The Bertz CT molecular complexity index is 372. The van der Waals surface area contributed by atoms with E-state index >= 15 is 0 Å². The minimum absolute atomic E-state index is 0.154. The quantitative estimate of drug-likeness (QED) is 0.400. The molecule has 138 valence electrons. The van der Waals surface area contributed by atoms with E-state index in [0.717, 1.165) is 64.2 Å². The number of rotatable bonds is 4. The van der Waals surface area contributed by atoms with Crippen LogP contribution in [0.2, 0.25) is 0 Å². The van der Waals surface area contributed by atoms with Crippen molar-refractivity contribution in [3.63, 3.8) is 0 Å². The van der Waals surface area contributed by atoms with E-state index in [0.29, 0.717) is 11.8 Å². The molecule has 2 rings (SSSR count). The van der Waals surface area contributed by atoms with Crippen molar-refractivity contribution in [2.45, 2.75) is 90.3 Å². The lowest BCUT2D eigenvalue weighted by atomic mass is 9.85. The summed E-state index contributed by atoms with van der Waals surface area (Å²) in [5, 5.41) is 0. The first-order chi connectivity index (χ1) is 11.6. The molecule has 0 aliphatic heterocycles. The van der Waals surface area contributed by atoms with Crippen LogP contribution in [0.4, 0.5) is 9.59 Å². The highest BCUT2D eigenvalue weighted by Crippen LogP contribution is 2.30. The first-order valence-electron chi connectivity index (χ1n) is 9.39. The molecule has 0 radical (unpaired) electrons. The van der Waals surface area contributed by atoms with Crippen LogP contribution in [0.15, 0.2) is 0 Å². The average Bonchev–Trinajstić information content (AvgIpc) is 2.61. The van der Waals surface area contributed by atoms with Crippen LogP contribution in [-0.4, -0.2) is 24.5 Å². The Hall–Kier alpha value is -1.46. The normalized spacial score (nSPS) is 30.2. The smallest absolute Gasteiger partial charge is 0.428 e. The van der Waals surface area contributed by atoms with Gasteiger partial charge in [0.05, 0.1) is 0 Å². The van der Waals surface area contributed by atoms with E-state index in [1.54, 1.807) is 0 Å². The van der Waals surface area contributed by atoms with Crippen molar-refractivity contribution in [2.75, 3.05) is 0 Å². The van der Waals surface area contributed by atoms with Gasteiger partial charge in [0.25, 0.3) is 0 Å². The summed E-state index contributed by atoms with van der Waals surface area (Å²) in [4.78, 5) is 32.4. The van der Waals surface area contributed by atoms with Crippen molar-refractivity contribution >= 4 is 12.3 Å². The van der Waals surface area contributed by atoms with Gasteiger partial charge in [-0.3, -0.25) is 0 Å². The van der Waals surface area contributed by atoms with Gasteiger partial charge in [-0.25, -0.2) is 0 Å². The Balaban J connectivity index is 1.69. The molecule has 6 nitrogen and oxygen atoms in total. The monoisotopic (exact) mass is 342 g/mol. The third-order valence-corrected chi connectivity index (χ3v) is 5.40. The topological polar surface area (TPSA) is 71.1 Å². The van der Waals surface area contributed by atoms with Crippen LogP contribution in [0.5, 0.6) is 0 Å². The number of hydrogen-bond acceptors (Lipinski definition) is 6. The highest BCUT2D eigenvalue weighted by molar-refractivity contribution is 5.63. The minimum Gasteiger partial charge on any atom is -0.428 e. The van der Waals surface area contributed by atoms with Crippen LogP contribution in [0.25, 0.3) is 0 Å². The van der Waals surface area contributed by atoms with Gasteiger partial charge in [-0.05, 0) is 63.2 Å². The summed E-state index contributed by atoms with van der Waals surface area (Å²) in [6.07, 6.45) is 7.85. The lowest BCUT2D eigenvalue weighted by Crippen LogP contribution is -2.32. The molecule has 24 heavy (non-hydrogen) atoms. The summed E-state index contributed by atoms with van der Waals surface area (Å²) in [5.74, 6) is 0.705. The molecule has 2 aliphatic rings. The second-order valence-corrected chi connectivity index (χ2v) is 6.88. The predicted octanol–water partition coefficient (Wildman–Crippen LogP) is 5.15. The van der Waals surface area contributed by atoms with Gasteiger partial charge in [-0.2, -0.15) is 19.4 Å². The zero-order valence-corrected chi connectivity index (χ0v) is 14.8. The Morgan fingerprint density at radius 3 is 1.46 bits per heavy atom. The van der Waals surface area contributed by atoms with E-state index in [1.165, 1.54) is 0 Å². The molecular weight excluding hydrogens is 312 g/mol. The van der Waals surface area contributed by atoms with Crippen molar-refractivity contribution < 1.29 is 28.8 Å². The number of carbonyl (C=O) groups excluding carboxylic acids is 2. The van der Waals surface area contributed by atoms with E-state index in [-0.39, 0.29) is 12.2 Å². The standard InChI is InChI=1S/C18H30O6/c1-3-13-9-5-7-11-15(13)21-17(19)23-24-18(20)22-16-12-8-6-10-14(16)4-2/h13-16H,3-12H2,1-2H3. The van der Waals surface area contributed by atoms with Crippen molar-refractivity contribution in [3.05, 3.63) is 0 Å². The van der Waals surface area contributed by atoms with E-state index in [2.05, 4.69) is 23.6 Å². The Morgan fingerprint density at radius 2 is 1.08 bits per heavy atom. The molecule has 0 heterocycles. The molecule has 0 N–H and O–H groups in total. The van der Waals surface area contributed by atoms with Gasteiger partial charge in [0.2, 0.25) is 0 Å². The Labute approximate surface area is 144 Å². The highest BCUT2D eigenvalue weighted by atomic mass is 17.3. The SMILES string of the molecule is CCC1CCCCC1OC(=O)OOC(=O)OC1CCCCC1CC. The predicted molar refractivity (Wildman–Crippen MR) is 87.2 cm³/mol. The van der Waals surface area contributed by atoms with E-state index in [9.17, 15) is 9.59 Å². The molecule has 6 heteroatoms. The van der Waals surface area contributed by atoms with Crippen LogP contribution in [0.1, 0.15) is 78.1 Å². The van der Waals surface area contributed by atoms with E-state index < -0.39 is 12.3 Å². The Morgan fingerprint density at radius 1 is 0.708 bits per heavy atom. The van der Waals surface area contributed by atoms with Gasteiger partial charge in [-0.15, -0.1) is 0 Å². The Kier molecular flexibility index (Phi) is 7.66. The maximum absolute atomic E-state index is 11.7. The maximum atomic E-state index is 11.7. The molecule has 0 spiro atoms. The molecule has 4 atom stereocenters. The summed E-state index contributed by atoms with van der Waals surface area (Å²) >= 11 is 0. The molecule has 2 aliphatic carbocycles. The molecule has 4 unspecified atom stereocenters. The maximum Gasteiger partial charge on any atom is 0.550 e. The molecule has 0 saturated heterocycles. The van der Waals surface area contributed by atoms with Crippen molar-refractivity contribution in [1.29, 1.82) is 0 Å². The lowest BCUT2D eigenvalue weighted by molar-refractivity contribution is -0.229. The molecule has 2 saturated carbocycles. The molecular formula is C18H30O6. The van der Waals surface area contributed by atoms with Crippen molar-refractivity contribution in [2.24, 2.45) is 11.8 Å². The first-order valence-corrected chi connectivity index (χ1v) is 9.39. The molecule has 0 bridgehead atoms. The van der Waals surface area contributed by atoms with Gasteiger partial charge in [0.15, 0.2) is 0 Å². The molecule has 0 amide bonds. The van der Waals surface area contributed by atoms with E-state index in [1.807, 2.05) is 0 Å². The average molecular weight is 342 g/mol. The number of carbonyl (C=O) groups is 2. The van der Waals surface area contributed by atoms with Crippen LogP contribution in [0, 0.1) is 11.8 Å². The fourth-order valence-corrected chi connectivity index (χ4v) is 3.95. The molecule has 0 aromatic rings.